The molecule has 0 spiro atoms. The zero-order chi connectivity index (χ0) is 26.3. The first-order valence-corrected chi connectivity index (χ1v) is 15.0. The zero-order valence-corrected chi connectivity index (χ0v) is 23.6. The highest BCUT2D eigenvalue weighted by molar-refractivity contribution is 5.66. The van der Waals surface area contributed by atoms with E-state index < -0.39 is 12.1 Å². The molecule has 3 N–H and O–H groups in total. The van der Waals surface area contributed by atoms with E-state index in [4.69, 9.17) is 0 Å². The van der Waals surface area contributed by atoms with Crippen LogP contribution in [0.15, 0.2) is 11.6 Å². The maximum absolute atomic E-state index is 12.1. The van der Waals surface area contributed by atoms with E-state index in [-0.39, 0.29) is 24.7 Å². The minimum Gasteiger partial charge on any atom is -0.465 e. The summed E-state index contributed by atoms with van der Waals surface area (Å²) in [5, 5.41) is 29.2. The summed E-state index contributed by atoms with van der Waals surface area (Å²) in [5.41, 5.74) is 2.09. The minimum atomic E-state index is -1.03. The first-order chi connectivity index (χ1) is 17.1. The van der Waals surface area contributed by atoms with Gasteiger partial charge in [-0.2, -0.15) is 0 Å². The van der Waals surface area contributed by atoms with Gasteiger partial charge in [-0.3, -0.25) is 4.90 Å². The van der Waals surface area contributed by atoms with Crippen molar-refractivity contribution in [1.82, 2.24) is 4.90 Å². The quantitative estimate of drug-likeness (QED) is 0.305. The largest absolute Gasteiger partial charge is 0.465 e. The molecule has 5 heteroatoms. The molecule has 0 aliphatic heterocycles. The van der Waals surface area contributed by atoms with E-state index in [0.29, 0.717) is 11.3 Å². The summed E-state index contributed by atoms with van der Waals surface area (Å²) in [6.45, 7) is 11.7. The third kappa shape index (κ3) is 4.88. The summed E-state index contributed by atoms with van der Waals surface area (Å²) in [5.74, 6) is 4.78. The van der Waals surface area contributed by atoms with Crippen molar-refractivity contribution < 1.29 is 20.1 Å². The number of carboxylic acid groups (broad SMARTS) is 1. The maximum atomic E-state index is 12.1. The van der Waals surface area contributed by atoms with Gasteiger partial charge in [0.05, 0.1) is 19.3 Å². The van der Waals surface area contributed by atoms with Gasteiger partial charge in [0, 0.05) is 6.04 Å². The van der Waals surface area contributed by atoms with Crippen LogP contribution in [0.2, 0.25) is 0 Å². The van der Waals surface area contributed by atoms with Crippen LogP contribution in [0.25, 0.3) is 0 Å². The Kier molecular flexibility index (Phi) is 8.51. The average Bonchev–Trinajstić information content (AvgIpc) is 3.19. The molecule has 4 aliphatic carbocycles. The smallest absolute Gasteiger partial charge is 0.407 e. The summed E-state index contributed by atoms with van der Waals surface area (Å²) < 4.78 is 0. The number of rotatable bonds is 9. The van der Waals surface area contributed by atoms with Crippen molar-refractivity contribution >= 4 is 6.09 Å². The number of nitrogens with zero attached hydrogens (tertiary/aromatic N) is 1. The second kappa shape index (κ2) is 11.0. The van der Waals surface area contributed by atoms with Gasteiger partial charge in [-0.1, -0.05) is 65.5 Å². The van der Waals surface area contributed by atoms with Crippen molar-refractivity contribution in [1.29, 1.82) is 0 Å². The fourth-order valence-electron chi connectivity index (χ4n) is 9.75. The van der Waals surface area contributed by atoms with Gasteiger partial charge in [0.1, 0.15) is 0 Å². The van der Waals surface area contributed by atoms with E-state index >= 15 is 0 Å². The molecule has 8 atom stereocenters. The second-order valence-corrected chi connectivity index (χ2v) is 13.9. The zero-order valence-electron chi connectivity index (χ0n) is 23.6. The van der Waals surface area contributed by atoms with Crippen LogP contribution < -0.4 is 0 Å². The summed E-state index contributed by atoms with van der Waals surface area (Å²) in [6, 6.07) is -0.888. The highest BCUT2D eigenvalue weighted by atomic mass is 16.4. The second-order valence-electron chi connectivity index (χ2n) is 13.9. The van der Waals surface area contributed by atoms with Crippen LogP contribution in [-0.2, 0) is 0 Å². The van der Waals surface area contributed by atoms with Gasteiger partial charge in [0.2, 0.25) is 0 Å². The van der Waals surface area contributed by atoms with E-state index in [0.717, 1.165) is 55.3 Å². The molecule has 4 rings (SSSR count). The molecule has 0 aromatic rings. The van der Waals surface area contributed by atoms with Crippen molar-refractivity contribution in [2.75, 3.05) is 13.2 Å². The molecule has 5 nitrogen and oxygen atoms in total. The summed E-state index contributed by atoms with van der Waals surface area (Å²) in [7, 11) is 0. The lowest BCUT2D eigenvalue weighted by Gasteiger charge is -2.59. The molecular weight excluding hydrogens is 450 g/mol. The summed E-state index contributed by atoms with van der Waals surface area (Å²) in [6.07, 6.45) is 14.7. The van der Waals surface area contributed by atoms with Crippen LogP contribution in [0.1, 0.15) is 105 Å². The molecule has 0 aromatic heterocycles. The van der Waals surface area contributed by atoms with E-state index in [9.17, 15) is 20.1 Å². The molecule has 3 saturated carbocycles. The molecule has 3 unspecified atom stereocenters. The number of allylic oxidation sites excluding steroid dienone is 1. The monoisotopic (exact) mass is 503 g/mol. The highest BCUT2D eigenvalue weighted by Crippen LogP contribution is 2.67. The Hall–Kier alpha value is -1.07. The van der Waals surface area contributed by atoms with Crippen LogP contribution in [0, 0.1) is 46.3 Å². The van der Waals surface area contributed by atoms with Crippen LogP contribution in [0.3, 0.4) is 0 Å². The van der Waals surface area contributed by atoms with E-state index in [1.807, 2.05) is 0 Å². The van der Waals surface area contributed by atoms with E-state index in [1.54, 1.807) is 0 Å². The van der Waals surface area contributed by atoms with E-state index in [2.05, 4.69) is 40.7 Å². The van der Waals surface area contributed by atoms with E-state index in [1.165, 1.54) is 55.4 Å². The summed E-state index contributed by atoms with van der Waals surface area (Å²) in [4.78, 5) is 13.4. The number of carbonyl (C=O) groups is 1. The Morgan fingerprint density at radius 1 is 1.03 bits per heavy atom. The van der Waals surface area contributed by atoms with Crippen LogP contribution in [0.5, 0.6) is 0 Å². The average molecular weight is 504 g/mol. The lowest BCUT2D eigenvalue weighted by atomic mass is 9.46. The van der Waals surface area contributed by atoms with Crippen molar-refractivity contribution in [3.05, 3.63) is 11.6 Å². The van der Waals surface area contributed by atoms with Crippen LogP contribution in [-0.4, -0.2) is 51.6 Å². The van der Waals surface area contributed by atoms with Crippen molar-refractivity contribution in [2.45, 2.75) is 117 Å². The SMILES string of the molecule is CC(C)CCC[C@@H](C)[C@H]1CCC2C3CC=C4C[C@@H](N(C(=O)O)C(CO)CO)CC[C@]4(C)C3CC[C@@]21C. The molecule has 36 heavy (non-hydrogen) atoms. The number of amides is 1. The van der Waals surface area contributed by atoms with Crippen molar-refractivity contribution in [3.63, 3.8) is 0 Å². The fraction of sp³-hybridized carbons (Fsp3) is 0.903. The highest BCUT2D eigenvalue weighted by Gasteiger charge is 2.59. The van der Waals surface area contributed by atoms with Crippen LogP contribution >= 0.6 is 0 Å². The standard InChI is InChI=1S/C31H53NO4/c1-20(2)7-6-8-21(3)26-11-12-27-25-10-9-22-17-23(32(29(35)36)24(18-33)19-34)13-15-30(22,4)28(25)14-16-31(26,27)5/h9,20-21,23-28,33-34H,6-8,10-19H2,1-5H3,(H,35,36)/t21-,23+,25?,26-,27?,28?,30+,31-/m1/s1. The minimum absolute atomic E-state index is 0.154. The first-order valence-electron chi connectivity index (χ1n) is 15.0. The van der Waals surface area contributed by atoms with Crippen molar-refractivity contribution in [2.24, 2.45) is 46.3 Å². The Morgan fingerprint density at radius 2 is 1.75 bits per heavy atom. The third-order valence-electron chi connectivity index (χ3n) is 11.7. The van der Waals surface area contributed by atoms with Crippen LogP contribution in [0.4, 0.5) is 4.79 Å². The predicted octanol–water partition coefficient (Wildman–Crippen LogP) is 6.73. The van der Waals surface area contributed by atoms with Crippen molar-refractivity contribution in [3.8, 4) is 0 Å². The number of aliphatic hydroxyl groups is 2. The van der Waals surface area contributed by atoms with Gasteiger partial charge in [0.15, 0.2) is 0 Å². The summed E-state index contributed by atoms with van der Waals surface area (Å²) >= 11 is 0. The van der Waals surface area contributed by atoms with Gasteiger partial charge in [-0.25, -0.2) is 4.79 Å². The normalized spacial score (nSPS) is 38.8. The van der Waals surface area contributed by atoms with Gasteiger partial charge in [-0.05, 0) is 97.7 Å². The fourth-order valence-corrected chi connectivity index (χ4v) is 9.75. The Balaban J connectivity index is 1.49. The number of hydrogen-bond acceptors (Lipinski definition) is 3. The molecule has 1 amide bonds. The molecule has 206 valence electrons. The van der Waals surface area contributed by atoms with Gasteiger partial charge in [0.25, 0.3) is 0 Å². The maximum Gasteiger partial charge on any atom is 0.407 e. The van der Waals surface area contributed by atoms with Gasteiger partial charge >= 0.3 is 6.09 Å². The molecule has 0 heterocycles. The molecule has 0 bridgehead atoms. The number of fused-ring (bicyclic) bond motifs is 5. The topological polar surface area (TPSA) is 81.0 Å². The number of hydrogen-bond donors (Lipinski definition) is 3. The van der Waals surface area contributed by atoms with Gasteiger partial charge < -0.3 is 15.3 Å². The lowest BCUT2D eigenvalue weighted by Crippen LogP contribution is -2.55. The molecule has 0 aromatic carbocycles. The Bertz CT molecular complexity index is 806. The first kappa shape index (κ1) is 28.0. The molecular formula is C31H53NO4. The number of aliphatic hydroxyl groups excluding tert-OH is 2. The Labute approximate surface area is 219 Å². The third-order valence-corrected chi connectivity index (χ3v) is 11.7. The van der Waals surface area contributed by atoms with Gasteiger partial charge in [-0.15, -0.1) is 0 Å². The molecule has 0 saturated heterocycles. The predicted molar refractivity (Wildman–Crippen MR) is 145 cm³/mol. The molecule has 0 radical (unpaired) electrons. The molecule has 4 aliphatic rings. The molecule has 3 fully saturated rings. The Morgan fingerprint density at radius 3 is 2.39 bits per heavy atom. The lowest BCUT2D eigenvalue weighted by molar-refractivity contribution is -0.0566.